The summed E-state index contributed by atoms with van der Waals surface area (Å²) in [6.07, 6.45) is 1.01. The molecule has 1 heterocycles. The van der Waals surface area contributed by atoms with Crippen molar-refractivity contribution < 1.29 is 9.53 Å². The van der Waals surface area contributed by atoms with Crippen molar-refractivity contribution in [2.75, 3.05) is 38.1 Å². The zero-order chi connectivity index (χ0) is 15.1. The quantitative estimate of drug-likeness (QED) is 0.879. The summed E-state index contributed by atoms with van der Waals surface area (Å²) in [6, 6.07) is 6.92. The standard InChI is InChI=1S/C15H22ClN3O2/c1-2-19-9-10-21-12(11-19)7-8-17-15(20)18-14-6-4-3-5-13(14)16/h3-6,12H,2,7-11H2,1H3,(H2,17,18,20). The first-order valence-corrected chi connectivity index (χ1v) is 7.70. The van der Waals surface area contributed by atoms with E-state index in [0.29, 0.717) is 17.3 Å². The molecule has 0 aromatic heterocycles. The molecule has 0 saturated carbocycles. The Labute approximate surface area is 130 Å². The number of carbonyl (C=O) groups excluding carboxylic acids is 1. The minimum Gasteiger partial charge on any atom is -0.375 e. The van der Waals surface area contributed by atoms with Crippen molar-refractivity contribution in [1.82, 2.24) is 10.2 Å². The molecule has 6 heteroatoms. The highest BCUT2D eigenvalue weighted by Crippen LogP contribution is 2.20. The van der Waals surface area contributed by atoms with Crippen LogP contribution in [0.5, 0.6) is 0 Å². The topological polar surface area (TPSA) is 53.6 Å². The van der Waals surface area contributed by atoms with Crippen molar-refractivity contribution >= 4 is 23.3 Å². The van der Waals surface area contributed by atoms with Gasteiger partial charge in [-0.25, -0.2) is 4.79 Å². The van der Waals surface area contributed by atoms with Gasteiger partial charge in [-0.05, 0) is 25.1 Å². The molecule has 21 heavy (non-hydrogen) atoms. The van der Waals surface area contributed by atoms with Gasteiger partial charge in [0.05, 0.1) is 23.4 Å². The van der Waals surface area contributed by atoms with Crippen molar-refractivity contribution in [1.29, 1.82) is 0 Å². The van der Waals surface area contributed by atoms with Crippen LogP contribution in [0.15, 0.2) is 24.3 Å². The second-order valence-electron chi connectivity index (χ2n) is 5.04. The van der Waals surface area contributed by atoms with Crippen molar-refractivity contribution in [3.63, 3.8) is 0 Å². The number of amides is 2. The largest absolute Gasteiger partial charge is 0.375 e. The Morgan fingerprint density at radius 3 is 3.05 bits per heavy atom. The number of hydrogen-bond acceptors (Lipinski definition) is 3. The van der Waals surface area contributed by atoms with Crippen LogP contribution in [0, 0.1) is 0 Å². The molecular formula is C15H22ClN3O2. The molecule has 0 bridgehead atoms. The number of morpholine rings is 1. The fraction of sp³-hybridized carbons (Fsp3) is 0.533. The molecule has 1 aromatic carbocycles. The highest BCUT2D eigenvalue weighted by Gasteiger charge is 2.18. The summed E-state index contributed by atoms with van der Waals surface area (Å²) in [4.78, 5) is 14.2. The van der Waals surface area contributed by atoms with Crippen LogP contribution in [-0.4, -0.2) is 49.8 Å². The van der Waals surface area contributed by atoms with E-state index in [1.807, 2.05) is 12.1 Å². The van der Waals surface area contributed by atoms with Gasteiger partial charge in [-0.15, -0.1) is 0 Å². The first-order valence-electron chi connectivity index (χ1n) is 7.32. The third-order valence-electron chi connectivity index (χ3n) is 3.54. The van der Waals surface area contributed by atoms with Crippen molar-refractivity contribution in [2.24, 2.45) is 0 Å². The SMILES string of the molecule is CCN1CCOC(CCNC(=O)Nc2ccccc2Cl)C1. The van der Waals surface area contributed by atoms with E-state index >= 15 is 0 Å². The minimum atomic E-state index is -0.244. The average Bonchev–Trinajstić information content (AvgIpc) is 2.50. The van der Waals surface area contributed by atoms with Gasteiger partial charge in [-0.1, -0.05) is 30.7 Å². The van der Waals surface area contributed by atoms with Crippen LogP contribution in [0.4, 0.5) is 10.5 Å². The molecule has 2 N–H and O–H groups in total. The van der Waals surface area contributed by atoms with Gasteiger partial charge in [-0.3, -0.25) is 4.90 Å². The van der Waals surface area contributed by atoms with Crippen molar-refractivity contribution in [2.45, 2.75) is 19.4 Å². The molecule has 0 aliphatic carbocycles. The molecule has 1 aromatic rings. The zero-order valence-corrected chi connectivity index (χ0v) is 13.0. The third-order valence-corrected chi connectivity index (χ3v) is 3.87. The maximum atomic E-state index is 11.8. The lowest BCUT2D eigenvalue weighted by atomic mass is 10.2. The fourth-order valence-electron chi connectivity index (χ4n) is 2.32. The summed E-state index contributed by atoms with van der Waals surface area (Å²) in [6.45, 7) is 6.47. The number of hydrogen-bond donors (Lipinski definition) is 2. The Morgan fingerprint density at radius 2 is 2.29 bits per heavy atom. The van der Waals surface area contributed by atoms with Gasteiger partial charge in [0.1, 0.15) is 0 Å². The lowest BCUT2D eigenvalue weighted by Gasteiger charge is -2.32. The highest BCUT2D eigenvalue weighted by atomic mass is 35.5. The summed E-state index contributed by atoms with van der Waals surface area (Å²) in [5.41, 5.74) is 0.614. The van der Waals surface area contributed by atoms with Crippen LogP contribution < -0.4 is 10.6 Å². The number of likely N-dealkylation sites (N-methyl/N-ethyl adjacent to an activating group) is 1. The predicted molar refractivity (Wildman–Crippen MR) is 84.9 cm³/mol. The number of nitrogens with one attached hydrogen (secondary N) is 2. The Balaban J connectivity index is 1.69. The fourth-order valence-corrected chi connectivity index (χ4v) is 2.50. The lowest BCUT2D eigenvalue weighted by molar-refractivity contribution is -0.0294. The molecular weight excluding hydrogens is 290 g/mol. The molecule has 1 fully saturated rings. The number of para-hydroxylation sites is 1. The molecule has 1 aliphatic heterocycles. The van der Waals surface area contributed by atoms with E-state index in [-0.39, 0.29) is 12.1 Å². The van der Waals surface area contributed by atoms with Crippen LogP contribution in [0.25, 0.3) is 0 Å². The van der Waals surface area contributed by atoms with E-state index in [4.69, 9.17) is 16.3 Å². The molecule has 0 radical (unpaired) electrons. The number of halogens is 1. The van der Waals surface area contributed by atoms with E-state index in [2.05, 4.69) is 22.5 Å². The lowest BCUT2D eigenvalue weighted by Crippen LogP contribution is -2.43. The van der Waals surface area contributed by atoms with Crippen LogP contribution in [0.1, 0.15) is 13.3 Å². The van der Waals surface area contributed by atoms with Crippen LogP contribution in [0.3, 0.4) is 0 Å². The van der Waals surface area contributed by atoms with Gasteiger partial charge >= 0.3 is 6.03 Å². The van der Waals surface area contributed by atoms with Crippen LogP contribution >= 0.6 is 11.6 Å². The second-order valence-corrected chi connectivity index (χ2v) is 5.44. The monoisotopic (exact) mass is 311 g/mol. The predicted octanol–water partition coefficient (Wildman–Crippen LogP) is 2.57. The molecule has 116 valence electrons. The minimum absolute atomic E-state index is 0.194. The van der Waals surface area contributed by atoms with Crippen molar-refractivity contribution in [3.8, 4) is 0 Å². The maximum absolute atomic E-state index is 11.8. The van der Waals surface area contributed by atoms with E-state index in [0.717, 1.165) is 32.7 Å². The van der Waals surface area contributed by atoms with E-state index < -0.39 is 0 Å². The van der Waals surface area contributed by atoms with Gasteiger partial charge in [0.15, 0.2) is 0 Å². The highest BCUT2D eigenvalue weighted by molar-refractivity contribution is 6.33. The number of benzene rings is 1. The van der Waals surface area contributed by atoms with Gasteiger partial charge < -0.3 is 15.4 Å². The molecule has 2 amide bonds. The number of carbonyl (C=O) groups is 1. The number of rotatable bonds is 5. The molecule has 0 spiro atoms. The Bertz CT molecular complexity index is 470. The smallest absolute Gasteiger partial charge is 0.319 e. The Hall–Kier alpha value is -1.30. The van der Waals surface area contributed by atoms with Crippen LogP contribution in [-0.2, 0) is 4.74 Å². The summed E-state index contributed by atoms with van der Waals surface area (Å²) < 4.78 is 5.69. The molecule has 1 atom stereocenters. The van der Waals surface area contributed by atoms with Crippen molar-refractivity contribution in [3.05, 3.63) is 29.3 Å². The third kappa shape index (κ3) is 5.19. The van der Waals surface area contributed by atoms with Crippen LogP contribution in [0.2, 0.25) is 5.02 Å². The number of urea groups is 1. The summed E-state index contributed by atoms with van der Waals surface area (Å²) in [7, 11) is 0. The summed E-state index contributed by atoms with van der Waals surface area (Å²) in [5, 5.41) is 6.10. The number of anilines is 1. The van der Waals surface area contributed by atoms with Gasteiger partial charge in [0.2, 0.25) is 0 Å². The first-order chi connectivity index (χ1) is 10.2. The normalized spacial score (nSPS) is 19.2. The molecule has 1 aliphatic rings. The average molecular weight is 312 g/mol. The van der Waals surface area contributed by atoms with Gasteiger partial charge in [0, 0.05) is 19.6 Å². The summed E-state index contributed by atoms with van der Waals surface area (Å²) >= 11 is 5.99. The van der Waals surface area contributed by atoms with Gasteiger partial charge in [-0.2, -0.15) is 0 Å². The van der Waals surface area contributed by atoms with E-state index in [9.17, 15) is 4.79 Å². The molecule has 1 unspecified atom stereocenters. The number of nitrogens with zero attached hydrogens (tertiary/aromatic N) is 1. The Morgan fingerprint density at radius 1 is 1.48 bits per heavy atom. The second kappa shape index (κ2) is 8.22. The molecule has 1 saturated heterocycles. The van der Waals surface area contributed by atoms with Gasteiger partial charge in [0.25, 0.3) is 0 Å². The first kappa shape index (κ1) is 16.1. The van der Waals surface area contributed by atoms with E-state index in [1.54, 1.807) is 12.1 Å². The Kier molecular flexibility index (Phi) is 6.29. The summed E-state index contributed by atoms with van der Waals surface area (Å²) in [5.74, 6) is 0. The van der Waals surface area contributed by atoms with E-state index in [1.165, 1.54) is 0 Å². The maximum Gasteiger partial charge on any atom is 0.319 e. The molecule has 2 rings (SSSR count). The zero-order valence-electron chi connectivity index (χ0n) is 12.3. The number of ether oxygens (including phenoxy) is 1. The molecule has 5 nitrogen and oxygen atoms in total.